The first-order valence-electron chi connectivity index (χ1n) is 9.04. The van der Waals surface area contributed by atoms with Crippen LogP contribution in [0.2, 0.25) is 0 Å². The number of amides is 1. The van der Waals surface area contributed by atoms with Crippen molar-refractivity contribution in [3.05, 3.63) is 42.5 Å². The van der Waals surface area contributed by atoms with Gasteiger partial charge >= 0.3 is 0 Å². The second-order valence-corrected chi connectivity index (χ2v) is 7.08. The zero-order valence-electron chi connectivity index (χ0n) is 14.0. The lowest BCUT2D eigenvalue weighted by Crippen LogP contribution is -2.33. The average Bonchev–Trinajstić information content (AvgIpc) is 3.37. The van der Waals surface area contributed by atoms with E-state index in [0.29, 0.717) is 11.8 Å². The average molecular weight is 324 g/mol. The standard InChI is InChI=1S/C19H24N4O/c24-19(16-6-4-5-7-16)22-11-10-15(13-22)12-18-21-20-14-23(18)17-8-2-1-3-9-17/h1-3,8-9,14-16H,4-7,10-13H2. The van der Waals surface area contributed by atoms with E-state index in [9.17, 15) is 4.79 Å². The molecule has 0 radical (unpaired) electrons. The van der Waals surface area contributed by atoms with E-state index in [0.717, 1.165) is 50.3 Å². The van der Waals surface area contributed by atoms with Gasteiger partial charge < -0.3 is 4.90 Å². The van der Waals surface area contributed by atoms with Gasteiger partial charge in [0, 0.05) is 31.1 Å². The lowest BCUT2D eigenvalue weighted by molar-refractivity contribution is -0.134. The topological polar surface area (TPSA) is 51.0 Å². The van der Waals surface area contributed by atoms with E-state index in [4.69, 9.17) is 0 Å². The van der Waals surface area contributed by atoms with Gasteiger partial charge in [-0.15, -0.1) is 10.2 Å². The van der Waals surface area contributed by atoms with Crippen LogP contribution in [0.1, 0.15) is 37.9 Å². The Kier molecular flexibility index (Phi) is 4.32. The minimum absolute atomic E-state index is 0.289. The van der Waals surface area contributed by atoms with Gasteiger partial charge in [-0.2, -0.15) is 0 Å². The molecule has 126 valence electrons. The first-order valence-corrected chi connectivity index (χ1v) is 9.04. The smallest absolute Gasteiger partial charge is 0.225 e. The molecule has 5 nitrogen and oxygen atoms in total. The van der Waals surface area contributed by atoms with Crippen molar-refractivity contribution in [1.29, 1.82) is 0 Å². The fourth-order valence-corrected chi connectivity index (χ4v) is 4.09. The monoisotopic (exact) mass is 324 g/mol. The van der Waals surface area contributed by atoms with Crippen molar-refractivity contribution >= 4 is 5.91 Å². The van der Waals surface area contributed by atoms with Gasteiger partial charge in [0.05, 0.1) is 0 Å². The quantitative estimate of drug-likeness (QED) is 0.869. The molecule has 4 rings (SSSR count). The van der Waals surface area contributed by atoms with Crippen LogP contribution in [0.5, 0.6) is 0 Å². The van der Waals surface area contributed by atoms with Crippen LogP contribution in [-0.4, -0.2) is 38.7 Å². The number of aromatic nitrogens is 3. The molecular formula is C19H24N4O. The van der Waals surface area contributed by atoms with E-state index in [1.807, 2.05) is 18.2 Å². The third-order valence-corrected chi connectivity index (χ3v) is 5.43. The highest BCUT2D eigenvalue weighted by molar-refractivity contribution is 5.79. The second-order valence-electron chi connectivity index (χ2n) is 7.08. The molecule has 24 heavy (non-hydrogen) atoms. The highest BCUT2D eigenvalue weighted by Crippen LogP contribution is 2.29. The van der Waals surface area contributed by atoms with Gasteiger partial charge in [0.25, 0.3) is 0 Å². The highest BCUT2D eigenvalue weighted by Gasteiger charge is 2.32. The number of benzene rings is 1. The molecule has 1 aromatic heterocycles. The Hall–Kier alpha value is -2.17. The van der Waals surface area contributed by atoms with Crippen molar-refractivity contribution in [2.45, 2.75) is 38.5 Å². The van der Waals surface area contributed by atoms with E-state index in [-0.39, 0.29) is 5.92 Å². The van der Waals surface area contributed by atoms with E-state index < -0.39 is 0 Å². The van der Waals surface area contributed by atoms with Gasteiger partial charge in [0.15, 0.2) is 0 Å². The first kappa shape index (κ1) is 15.4. The third kappa shape index (κ3) is 3.07. The molecule has 1 aliphatic heterocycles. The number of nitrogens with zero attached hydrogens (tertiary/aromatic N) is 4. The van der Waals surface area contributed by atoms with Crippen molar-refractivity contribution in [2.24, 2.45) is 11.8 Å². The number of likely N-dealkylation sites (tertiary alicyclic amines) is 1. The van der Waals surface area contributed by atoms with Crippen molar-refractivity contribution in [3.63, 3.8) is 0 Å². The van der Waals surface area contributed by atoms with Crippen LogP contribution in [-0.2, 0) is 11.2 Å². The normalized spacial score (nSPS) is 21.5. The summed E-state index contributed by atoms with van der Waals surface area (Å²) >= 11 is 0. The zero-order valence-corrected chi connectivity index (χ0v) is 14.0. The maximum Gasteiger partial charge on any atom is 0.225 e. The second kappa shape index (κ2) is 6.75. The Balaban J connectivity index is 1.41. The summed E-state index contributed by atoms with van der Waals surface area (Å²) < 4.78 is 2.06. The number of rotatable bonds is 4. The maximum atomic E-state index is 12.6. The lowest BCUT2D eigenvalue weighted by Gasteiger charge is -2.20. The number of para-hydroxylation sites is 1. The fraction of sp³-hybridized carbons (Fsp3) is 0.526. The molecule has 2 fully saturated rings. The fourth-order valence-electron chi connectivity index (χ4n) is 4.09. The van der Waals surface area contributed by atoms with Gasteiger partial charge in [0.2, 0.25) is 5.91 Å². The lowest BCUT2D eigenvalue weighted by atomic mass is 10.0. The van der Waals surface area contributed by atoms with Crippen LogP contribution >= 0.6 is 0 Å². The van der Waals surface area contributed by atoms with Crippen LogP contribution in [0.25, 0.3) is 5.69 Å². The molecule has 1 aliphatic carbocycles. The van der Waals surface area contributed by atoms with Crippen molar-refractivity contribution in [3.8, 4) is 5.69 Å². The summed E-state index contributed by atoms with van der Waals surface area (Å²) in [6.45, 7) is 1.77. The Morgan fingerprint density at radius 2 is 1.92 bits per heavy atom. The number of carbonyl (C=O) groups excluding carboxylic acids is 1. The molecule has 0 bridgehead atoms. The van der Waals surface area contributed by atoms with Gasteiger partial charge in [-0.05, 0) is 37.3 Å². The maximum absolute atomic E-state index is 12.6. The van der Waals surface area contributed by atoms with E-state index in [1.54, 1.807) is 6.33 Å². The SMILES string of the molecule is O=C(C1CCCC1)N1CCC(Cc2nncn2-c2ccccc2)C1. The molecule has 0 spiro atoms. The Bertz CT molecular complexity index is 690. The number of hydrogen-bond donors (Lipinski definition) is 0. The highest BCUT2D eigenvalue weighted by atomic mass is 16.2. The molecule has 1 saturated carbocycles. The van der Waals surface area contributed by atoms with Gasteiger partial charge in [0.1, 0.15) is 12.2 Å². The molecule has 2 heterocycles. The Morgan fingerprint density at radius 3 is 2.71 bits per heavy atom. The predicted molar refractivity (Wildman–Crippen MR) is 91.7 cm³/mol. The van der Waals surface area contributed by atoms with Gasteiger partial charge in [-0.1, -0.05) is 31.0 Å². The molecule has 0 N–H and O–H groups in total. The molecule has 2 aliphatic rings. The van der Waals surface area contributed by atoms with Crippen LogP contribution in [0.4, 0.5) is 0 Å². The molecule has 1 aromatic carbocycles. The Labute approximate surface area is 142 Å². The number of carbonyl (C=O) groups is 1. The minimum Gasteiger partial charge on any atom is -0.342 e. The van der Waals surface area contributed by atoms with Crippen LogP contribution in [0.15, 0.2) is 36.7 Å². The third-order valence-electron chi connectivity index (χ3n) is 5.43. The van der Waals surface area contributed by atoms with E-state index in [2.05, 4.69) is 31.8 Å². The van der Waals surface area contributed by atoms with Crippen LogP contribution in [0, 0.1) is 11.8 Å². The van der Waals surface area contributed by atoms with E-state index >= 15 is 0 Å². The largest absolute Gasteiger partial charge is 0.342 e. The molecule has 2 aromatic rings. The summed E-state index contributed by atoms with van der Waals surface area (Å²) in [6.07, 6.45) is 8.33. The molecule has 1 saturated heterocycles. The molecule has 1 atom stereocenters. The summed E-state index contributed by atoms with van der Waals surface area (Å²) in [6, 6.07) is 10.2. The van der Waals surface area contributed by atoms with Crippen molar-refractivity contribution in [2.75, 3.05) is 13.1 Å². The molecule has 1 amide bonds. The summed E-state index contributed by atoms with van der Waals surface area (Å²) in [5.41, 5.74) is 1.09. The summed E-state index contributed by atoms with van der Waals surface area (Å²) in [4.78, 5) is 14.7. The van der Waals surface area contributed by atoms with Crippen molar-refractivity contribution < 1.29 is 4.79 Å². The molecule has 1 unspecified atom stereocenters. The summed E-state index contributed by atoms with van der Waals surface area (Å²) in [7, 11) is 0. The van der Waals surface area contributed by atoms with Crippen LogP contribution in [0.3, 0.4) is 0 Å². The Morgan fingerprint density at radius 1 is 1.12 bits per heavy atom. The summed E-state index contributed by atoms with van der Waals surface area (Å²) in [5.74, 6) is 2.15. The molecule has 5 heteroatoms. The minimum atomic E-state index is 0.289. The van der Waals surface area contributed by atoms with Crippen LogP contribution < -0.4 is 0 Å². The zero-order chi connectivity index (χ0) is 16.4. The first-order chi connectivity index (χ1) is 11.8. The number of hydrogen-bond acceptors (Lipinski definition) is 3. The van der Waals surface area contributed by atoms with Crippen molar-refractivity contribution in [1.82, 2.24) is 19.7 Å². The molecular weight excluding hydrogens is 300 g/mol. The van der Waals surface area contributed by atoms with E-state index in [1.165, 1.54) is 12.8 Å². The van der Waals surface area contributed by atoms with Gasteiger partial charge in [-0.3, -0.25) is 9.36 Å². The predicted octanol–water partition coefficient (Wildman–Crippen LogP) is 2.85. The van der Waals surface area contributed by atoms with Gasteiger partial charge in [-0.25, -0.2) is 0 Å². The summed E-state index contributed by atoms with van der Waals surface area (Å²) in [5, 5.41) is 8.40.